The minimum absolute atomic E-state index is 0.0505. The van der Waals surface area contributed by atoms with E-state index in [-0.39, 0.29) is 32.8 Å². The van der Waals surface area contributed by atoms with Crippen LogP contribution in [0.5, 0.6) is 11.5 Å². The van der Waals surface area contributed by atoms with E-state index in [1.54, 1.807) is 65.8 Å². The van der Waals surface area contributed by atoms with Gasteiger partial charge in [0.15, 0.2) is 12.1 Å². The molecule has 0 aromatic heterocycles. The van der Waals surface area contributed by atoms with Gasteiger partial charge >= 0.3 is 24.1 Å². The van der Waals surface area contributed by atoms with Gasteiger partial charge in [-0.2, -0.15) is 0 Å². The molecule has 0 aliphatic rings. The number of hydrogen-bond donors (Lipinski definition) is 6. The number of esters is 2. The van der Waals surface area contributed by atoms with Crippen LogP contribution in [-0.4, -0.2) is 138 Å². The first-order valence-corrected chi connectivity index (χ1v) is 26.9. The Morgan fingerprint density at radius 3 is 1.09 bits per heavy atom. The van der Waals surface area contributed by atoms with Crippen LogP contribution in [0.3, 0.4) is 0 Å². The Hall–Kier alpha value is -4.64. The predicted octanol–water partition coefficient (Wildman–Crippen LogP) is 4.71. The number of ether oxygens (including phenoxy) is 8. The van der Waals surface area contributed by atoms with Crippen molar-refractivity contribution >= 4 is 138 Å². The number of rotatable bonds is 22. The van der Waals surface area contributed by atoms with Gasteiger partial charge in [0.05, 0.1) is 62.4 Å². The van der Waals surface area contributed by atoms with Crippen molar-refractivity contribution in [3.8, 4) is 35.2 Å². The van der Waals surface area contributed by atoms with Gasteiger partial charge in [0.1, 0.15) is 60.1 Å². The fourth-order valence-corrected chi connectivity index (χ4v) is 10.5. The lowest BCUT2D eigenvalue weighted by atomic mass is 10.1. The van der Waals surface area contributed by atoms with Crippen molar-refractivity contribution in [3.05, 3.63) is 49.7 Å². The van der Waals surface area contributed by atoms with Crippen molar-refractivity contribution in [1.82, 2.24) is 31.9 Å². The van der Waals surface area contributed by atoms with E-state index in [1.165, 1.54) is 42.3 Å². The molecular weight excluding hydrogens is 1440 g/mol. The molecule has 0 heterocycles. The summed E-state index contributed by atoms with van der Waals surface area (Å²) < 4.78 is 45.2. The number of benzene rings is 2. The van der Waals surface area contributed by atoms with Crippen LogP contribution < -0.4 is 41.4 Å². The molecule has 0 saturated heterocycles. The van der Waals surface area contributed by atoms with E-state index < -0.39 is 95.2 Å². The number of halogens is 4. The lowest BCUT2D eigenvalue weighted by Crippen LogP contribution is -2.55. The molecule has 2 aromatic carbocycles. The Balaban J connectivity index is 2.07. The molecule has 0 radical (unpaired) electrons. The maximum Gasteiger partial charge on any atom is 0.408 e. The Morgan fingerprint density at radius 2 is 0.813 bits per heavy atom. The van der Waals surface area contributed by atoms with Crippen molar-refractivity contribution in [1.29, 1.82) is 0 Å². The normalized spacial score (nSPS) is 13.3. The van der Waals surface area contributed by atoms with Crippen LogP contribution in [0, 0.1) is 38.0 Å². The molecule has 2 rings (SSSR count). The highest BCUT2D eigenvalue weighted by Crippen LogP contribution is 2.32. The third-order valence-electron chi connectivity index (χ3n) is 9.43. The van der Waals surface area contributed by atoms with Gasteiger partial charge in [-0.25, -0.2) is 19.2 Å². The third kappa shape index (κ3) is 23.6. The van der Waals surface area contributed by atoms with Gasteiger partial charge in [0, 0.05) is 0 Å². The second-order valence-corrected chi connectivity index (χ2v) is 22.4. The molecule has 0 aliphatic carbocycles. The Labute approximate surface area is 491 Å². The van der Waals surface area contributed by atoms with Crippen LogP contribution in [-0.2, 0) is 57.2 Å². The average Bonchev–Trinajstić information content (AvgIpc) is 3.31. The summed E-state index contributed by atoms with van der Waals surface area (Å²) in [6.07, 6.45) is -1.80. The average molecular weight is 1500 g/mol. The largest absolute Gasteiger partial charge is 0.495 e. The van der Waals surface area contributed by atoms with Crippen molar-refractivity contribution in [2.75, 3.05) is 54.9 Å². The molecule has 0 fully saturated rings. The van der Waals surface area contributed by atoms with Crippen molar-refractivity contribution in [2.24, 2.45) is 0 Å². The fourth-order valence-electron chi connectivity index (χ4n) is 5.96. The van der Waals surface area contributed by atoms with Gasteiger partial charge in [0.25, 0.3) is 0 Å². The van der Waals surface area contributed by atoms with E-state index >= 15 is 0 Å². The Kier molecular flexibility index (Phi) is 28.5. The quantitative estimate of drug-likeness (QED) is 0.0306. The van der Waals surface area contributed by atoms with Crippen LogP contribution in [0.4, 0.5) is 9.59 Å². The first-order valence-electron chi connectivity index (χ1n) is 22.5. The zero-order valence-electron chi connectivity index (χ0n) is 43.4. The highest BCUT2D eigenvalue weighted by Gasteiger charge is 2.33. The molecule has 0 aliphatic heterocycles. The van der Waals surface area contributed by atoms with Crippen molar-refractivity contribution in [2.45, 2.75) is 109 Å². The van der Waals surface area contributed by atoms with Crippen LogP contribution in [0.15, 0.2) is 24.3 Å². The Bertz CT molecular complexity index is 2300. The molecule has 6 amide bonds. The standard InChI is InChI=1S/C49H62I4N6O16/c1-26(40(60)58-36(44(64)70-11)28-20-30(50)38(68-9)31(51)21-28)54-42(62)34(56-46(66)74-48(3,4)5)24-72-18-16-14-13-15-17-19-73-25-35(57-47(67)75-49(6,7)8)43(63)55-27(2)41(61)59-37(45(65)71-12)29-22-32(52)39(69-10)33(53)23-29/h20-23,26-27,34-37H,13,18-19,24-25H2,1-12H3,(H,54,62)(H,55,63)(H,56,66)(H,57,67)(H,58,60)(H,59,61)/t26-,27-,34+,35+,36+,37+/m1/s1. The van der Waals surface area contributed by atoms with Crippen LogP contribution in [0.25, 0.3) is 0 Å². The second kappa shape index (κ2) is 32.2. The second-order valence-electron chi connectivity index (χ2n) is 17.7. The number of nitrogens with one attached hydrogen (secondary N) is 6. The minimum atomic E-state index is -1.34. The van der Waals surface area contributed by atoms with Gasteiger partial charge in [-0.05, 0) is 181 Å². The highest BCUT2D eigenvalue weighted by atomic mass is 127. The third-order valence-corrected chi connectivity index (χ3v) is 12.6. The van der Waals surface area contributed by atoms with E-state index in [2.05, 4.69) is 55.6 Å². The number of carbonyl (C=O) groups is 8. The molecule has 412 valence electrons. The van der Waals surface area contributed by atoms with E-state index in [4.69, 9.17) is 37.9 Å². The van der Waals surface area contributed by atoms with Crippen LogP contribution in [0.2, 0.25) is 0 Å². The van der Waals surface area contributed by atoms with Crippen molar-refractivity contribution < 1.29 is 76.3 Å². The number of carbonyl (C=O) groups excluding carboxylic acids is 8. The highest BCUT2D eigenvalue weighted by molar-refractivity contribution is 14.1. The lowest BCUT2D eigenvalue weighted by Gasteiger charge is -2.25. The monoisotopic (exact) mass is 1500 g/mol. The Morgan fingerprint density at radius 1 is 0.493 bits per heavy atom. The SMILES string of the molecule is COC(=O)[C@@H](NC(=O)[C@@H](C)NC(=O)[C@H](COCC#CCC#CCOC[C@H](NC(=O)OC(C)(C)C)C(=O)N[C@H](C)C(=O)N[C@H](C(=O)OC)c1cc(I)c(OC)c(I)c1)NC(=O)OC(C)(C)C)c1cc(I)c(OC)c(I)c1. The van der Waals surface area contributed by atoms with E-state index in [0.717, 1.165) is 0 Å². The molecule has 2 aromatic rings. The van der Waals surface area contributed by atoms with Gasteiger partial charge in [0.2, 0.25) is 23.6 Å². The molecule has 6 N–H and O–H groups in total. The molecule has 0 spiro atoms. The van der Waals surface area contributed by atoms with E-state index in [9.17, 15) is 38.4 Å². The maximum absolute atomic E-state index is 13.5. The summed E-state index contributed by atoms with van der Waals surface area (Å²) in [5.41, 5.74) is -0.967. The maximum atomic E-state index is 13.5. The summed E-state index contributed by atoms with van der Waals surface area (Å²) in [6, 6.07) is -0.884. The molecule has 6 atom stereocenters. The first-order chi connectivity index (χ1) is 35.0. The molecule has 22 nitrogen and oxygen atoms in total. The first kappa shape index (κ1) is 66.5. The summed E-state index contributed by atoms with van der Waals surface area (Å²) in [4.78, 5) is 105. The van der Waals surface area contributed by atoms with Gasteiger partial charge in [-0.15, -0.1) is 0 Å². The summed E-state index contributed by atoms with van der Waals surface area (Å²) in [5.74, 6) is 7.68. The summed E-state index contributed by atoms with van der Waals surface area (Å²) in [7, 11) is 5.38. The summed E-state index contributed by atoms with van der Waals surface area (Å²) in [5, 5.41) is 15.2. The number of hydrogen-bond acceptors (Lipinski definition) is 16. The van der Waals surface area contributed by atoms with E-state index in [0.29, 0.717) is 36.9 Å². The van der Waals surface area contributed by atoms with Crippen LogP contribution >= 0.6 is 90.4 Å². The zero-order valence-corrected chi connectivity index (χ0v) is 52.0. The summed E-state index contributed by atoms with van der Waals surface area (Å²) in [6.45, 7) is 11.5. The van der Waals surface area contributed by atoms with Gasteiger partial charge < -0.3 is 69.8 Å². The summed E-state index contributed by atoms with van der Waals surface area (Å²) >= 11 is 8.18. The fraction of sp³-hybridized carbons (Fsp3) is 0.510. The molecule has 0 unspecified atom stereocenters. The van der Waals surface area contributed by atoms with Gasteiger partial charge in [-0.3, -0.25) is 19.2 Å². The molecular formula is C49H62I4N6O16. The van der Waals surface area contributed by atoms with Crippen LogP contribution in [0.1, 0.15) is 85.0 Å². The number of alkyl carbamates (subject to hydrolysis) is 2. The molecule has 26 heteroatoms. The topological polar surface area (TPSA) is 283 Å². The van der Waals surface area contributed by atoms with E-state index in [1.807, 2.05) is 90.4 Å². The predicted molar refractivity (Wildman–Crippen MR) is 306 cm³/mol. The van der Waals surface area contributed by atoms with Crippen molar-refractivity contribution in [3.63, 3.8) is 0 Å². The smallest absolute Gasteiger partial charge is 0.408 e. The number of methoxy groups -OCH3 is 4. The van der Waals surface area contributed by atoms with Gasteiger partial charge in [-0.1, -0.05) is 23.7 Å². The molecule has 75 heavy (non-hydrogen) atoms. The number of amides is 6. The zero-order chi connectivity index (χ0) is 56.8. The molecule has 0 saturated carbocycles. The molecule has 0 bridgehead atoms. The lowest BCUT2D eigenvalue weighted by molar-refractivity contribution is -0.146. The minimum Gasteiger partial charge on any atom is -0.495 e.